The van der Waals surface area contributed by atoms with Crippen LogP contribution in [0.15, 0.2) is 36.4 Å². The van der Waals surface area contributed by atoms with Crippen molar-refractivity contribution in [1.29, 1.82) is 0 Å². The number of pyridine rings is 1. The molecule has 1 fully saturated rings. The number of carbonyl (C=O) groups excluding carboxylic acids is 1. The van der Waals surface area contributed by atoms with E-state index in [2.05, 4.69) is 15.4 Å². The van der Waals surface area contributed by atoms with Crippen LogP contribution >= 0.6 is 0 Å². The van der Waals surface area contributed by atoms with Gasteiger partial charge in [-0.2, -0.15) is 4.98 Å². The largest absolute Gasteiger partial charge is 0.497 e. The van der Waals surface area contributed by atoms with Gasteiger partial charge in [0, 0.05) is 17.5 Å². The Balaban J connectivity index is 1.75. The van der Waals surface area contributed by atoms with Crippen molar-refractivity contribution in [3.05, 3.63) is 42.2 Å². The molecule has 1 saturated carbocycles. The van der Waals surface area contributed by atoms with Gasteiger partial charge in [0.1, 0.15) is 11.6 Å². The Morgan fingerprint density at radius 1 is 1.33 bits per heavy atom. The molecule has 1 amide bonds. The van der Waals surface area contributed by atoms with Crippen molar-refractivity contribution in [3.63, 3.8) is 0 Å². The van der Waals surface area contributed by atoms with Crippen molar-refractivity contribution in [3.8, 4) is 17.0 Å². The molecule has 3 aromatic rings. The maximum absolute atomic E-state index is 14.4. The first-order valence-electron chi connectivity index (χ1n) is 7.66. The normalized spacial score (nSPS) is 13.9. The fourth-order valence-electron chi connectivity index (χ4n) is 2.55. The third kappa shape index (κ3) is 2.58. The number of fused-ring (bicyclic) bond motifs is 1. The van der Waals surface area contributed by atoms with Gasteiger partial charge in [-0.3, -0.25) is 10.1 Å². The van der Waals surface area contributed by atoms with Crippen LogP contribution in [0.25, 0.3) is 16.9 Å². The maximum atomic E-state index is 14.4. The number of halogens is 1. The lowest BCUT2D eigenvalue weighted by molar-refractivity contribution is -0.117. The van der Waals surface area contributed by atoms with Crippen LogP contribution in [0, 0.1) is 11.7 Å². The summed E-state index contributed by atoms with van der Waals surface area (Å²) in [6.07, 6.45) is 1.81. The van der Waals surface area contributed by atoms with Gasteiger partial charge in [-0.25, -0.2) is 8.91 Å². The zero-order valence-corrected chi connectivity index (χ0v) is 13.0. The van der Waals surface area contributed by atoms with Crippen LogP contribution in [0.2, 0.25) is 0 Å². The highest BCUT2D eigenvalue weighted by molar-refractivity contribution is 5.92. The van der Waals surface area contributed by atoms with E-state index in [1.165, 1.54) is 17.7 Å². The number of carbonyl (C=O) groups is 1. The molecular weight excluding hydrogens is 311 g/mol. The van der Waals surface area contributed by atoms with Crippen LogP contribution < -0.4 is 10.1 Å². The molecule has 122 valence electrons. The smallest absolute Gasteiger partial charge is 0.249 e. The van der Waals surface area contributed by atoms with E-state index in [1.54, 1.807) is 30.3 Å². The van der Waals surface area contributed by atoms with Crippen LogP contribution in [-0.2, 0) is 4.79 Å². The lowest BCUT2D eigenvalue weighted by Gasteiger charge is -2.07. The summed E-state index contributed by atoms with van der Waals surface area (Å²) in [6, 6.07) is 9.91. The predicted molar refractivity (Wildman–Crippen MR) is 86.3 cm³/mol. The van der Waals surface area contributed by atoms with Crippen LogP contribution in [0.4, 0.5) is 10.3 Å². The molecule has 2 heterocycles. The Hall–Kier alpha value is -2.96. The summed E-state index contributed by atoms with van der Waals surface area (Å²) >= 11 is 0. The van der Waals surface area contributed by atoms with Crippen molar-refractivity contribution in [2.24, 2.45) is 5.92 Å². The molecule has 0 spiro atoms. The molecule has 1 N–H and O–H groups in total. The summed E-state index contributed by atoms with van der Waals surface area (Å²) in [5.74, 6) is 0.256. The molecular formula is C17H15FN4O2. The summed E-state index contributed by atoms with van der Waals surface area (Å²) in [6.45, 7) is 0. The number of amides is 1. The Morgan fingerprint density at radius 3 is 2.88 bits per heavy atom. The van der Waals surface area contributed by atoms with Gasteiger partial charge in [-0.15, -0.1) is 5.10 Å². The number of hydrogen-bond donors (Lipinski definition) is 1. The number of nitrogens with one attached hydrogen (secondary N) is 1. The molecule has 0 unspecified atom stereocenters. The standard InChI is InChI=1S/C17H15FN4O2/c1-24-11-7-8-12(13(18)9-11)14-3-2-4-15-19-17(21-22(14)15)20-16(23)10-5-6-10/h2-4,7-10H,5-6H2,1H3,(H,20,21,23). The number of rotatable bonds is 4. The third-order valence-electron chi connectivity index (χ3n) is 4.00. The number of ether oxygens (including phenoxy) is 1. The molecule has 0 aliphatic heterocycles. The van der Waals surface area contributed by atoms with E-state index in [0.29, 0.717) is 22.7 Å². The Bertz CT molecular complexity index is 933. The monoisotopic (exact) mass is 326 g/mol. The van der Waals surface area contributed by atoms with E-state index >= 15 is 0 Å². The highest BCUT2D eigenvalue weighted by atomic mass is 19.1. The first kappa shape index (κ1) is 14.6. The second-order valence-corrected chi connectivity index (χ2v) is 5.73. The second-order valence-electron chi connectivity index (χ2n) is 5.73. The van der Waals surface area contributed by atoms with Crippen molar-refractivity contribution in [2.75, 3.05) is 12.4 Å². The Labute approximate surface area is 137 Å². The Kier molecular flexibility index (Phi) is 3.41. The maximum Gasteiger partial charge on any atom is 0.249 e. The minimum Gasteiger partial charge on any atom is -0.497 e. The van der Waals surface area contributed by atoms with Crippen molar-refractivity contribution in [2.45, 2.75) is 12.8 Å². The number of hydrogen-bond acceptors (Lipinski definition) is 4. The van der Waals surface area contributed by atoms with E-state index < -0.39 is 5.82 Å². The molecule has 1 aliphatic rings. The molecule has 6 nitrogen and oxygen atoms in total. The average Bonchev–Trinajstić information content (AvgIpc) is 3.35. The summed E-state index contributed by atoms with van der Waals surface area (Å²) in [5.41, 5.74) is 1.47. The Morgan fingerprint density at radius 2 is 2.17 bits per heavy atom. The lowest BCUT2D eigenvalue weighted by atomic mass is 10.1. The molecule has 24 heavy (non-hydrogen) atoms. The van der Waals surface area contributed by atoms with E-state index in [9.17, 15) is 9.18 Å². The summed E-state index contributed by atoms with van der Waals surface area (Å²) < 4.78 is 20.9. The number of methoxy groups -OCH3 is 1. The molecule has 1 aromatic carbocycles. The summed E-state index contributed by atoms with van der Waals surface area (Å²) in [5, 5.41) is 7.01. The minimum atomic E-state index is -0.416. The van der Waals surface area contributed by atoms with Gasteiger partial charge in [-0.05, 0) is 37.1 Å². The van der Waals surface area contributed by atoms with Crippen LogP contribution in [0.5, 0.6) is 5.75 Å². The van der Waals surface area contributed by atoms with Gasteiger partial charge >= 0.3 is 0 Å². The fraction of sp³-hybridized carbons (Fsp3) is 0.235. The first-order chi connectivity index (χ1) is 11.7. The van der Waals surface area contributed by atoms with E-state index in [-0.39, 0.29) is 17.8 Å². The lowest BCUT2D eigenvalue weighted by Crippen LogP contribution is -2.14. The zero-order chi connectivity index (χ0) is 16.7. The highest BCUT2D eigenvalue weighted by Crippen LogP contribution is 2.30. The van der Waals surface area contributed by atoms with Crippen LogP contribution in [0.1, 0.15) is 12.8 Å². The van der Waals surface area contributed by atoms with Crippen LogP contribution in [-0.4, -0.2) is 27.6 Å². The molecule has 0 atom stereocenters. The molecule has 0 saturated heterocycles. The van der Waals surface area contributed by atoms with E-state index in [4.69, 9.17) is 4.74 Å². The number of benzene rings is 1. The van der Waals surface area contributed by atoms with Gasteiger partial charge in [0.05, 0.1) is 12.8 Å². The van der Waals surface area contributed by atoms with Gasteiger partial charge in [0.15, 0.2) is 5.65 Å². The van der Waals surface area contributed by atoms with Gasteiger partial charge in [0.2, 0.25) is 11.9 Å². The average molecular weight is 326 g/mol. The summed E-state index contributed by atoms with van der Waals surface area (Å²) in [4.78, 5) is 16.1. The number of anilines is 1. The number of nitrogens with zero attached hydrogens (tertiary/aromatic N) is 3. The molecule has 1 aliphatic carbocycles. The van der Waals surface area contributed by atoms with Crippen molar-refractivity contribution >= 4 is 17.5 Å². The number of aromatic nitrogens is 3. The van der Waals surface area contributed by atoms with E-state index in [0.717, 1.165) is 12.8 Å². The van der Waals surface area contributed by atoms with Crippen molar-refractivity contribution < 1.29 is 13.9 Å². The second kappa shape index (κ2) is 5.59. The predicted octanol–water partition coefficient (Wildman–Crippen LogP) is 2.89. The third-order valence-corrected chi connectivity index (χ3v) is 4.00. The molecule has 0 bridgehead atoms. The molecule has 0 radical (unpaired) electrons. The van der Waals surface area contributed by atoms with Crippen molar-refractivity contribution in [1.82, 2.24) is 14.6 Å². The topological polar surface area (TPSA) is 68.5 Å². The minimum absolute atomic E-state index is 0.0649. The molecule has 2 aromatic heterocycles. The molecule has 7 heteroatoms. The fourth-order valence-corrected chi connectivity index (χ4v) is 2.55. The quantitative estimate of drug-likeness (QED) is 0.800. The zero-order valence-electron chi connectivity index (χ0n) is 13.0. The first-order valence-corrected chi connectivity index (χ1v) is 7.66. The van der Waals surface area contributed by atoms with Gasteiger partial charge in [-0.1, -0.05) is 6.07 Å². The molecule has 4 rings (SSSR count). The van der Waals surface area contributed by atoms with Gasteiger partial charge in [0.25, 0.3) is 0 Å². The van der Waals surface area contributed by atoms with Crippen LogP contribution in [0.3, 0.4) is 0 Å². The highest BCUT2D eigenvalue weighted by Gasteiger charge is 2.30. The summed E-state index contributed by atoms with van der Waals surface area (Å²) in [7, 11) is 1.49. The van der Waals surface area contributed by atoms with E-state index in [1.807, 2.05) is 0 Å². The van der Waals surface area contributed by atoms with Gasteiger partial charge < -0.3 is 4.74 Å². The SMILES string of the molecule is COc1ccc(-c2cccc3nc(NC(=O)C4CC4)nn23)c(F)c1.